The van der Waals surface area contributed by atoms with E-state index in [1.165, 1.54) is 0 Å². The molecule has 17 heavy (non-hydrogen) atoms. The van der Waals surface area contributed by atoms with E-state index in [1.54, 1.807) is 21.6 Å². The minimum Gasteiger partial charge on any atom is -0.394 e. The molecule has 88 valence electrons. The van der Waals surface area contributed by atoms with Crippen LogP contribution in [0.1, 0.15) is 31.4 Å². The number of nitriles is 1. The topological polar surface area (TPSA) is 85.5 Å². The molecule has 0 atom stereocenters. The van der Waals surface area contributed by atoms with Crippen molar-refractivity contribution in [3.63, 3.8) is 0 Å². The van der Waals surface area contributed by atoms with Crippen LogP contribution in [0.15, 0.2) is 12.4 Å². The van der Waals surface area contributed by atoms with E-state index in [-0.39, 0.29) is 6.04 Å². The molecule has 6 nitrogen and oxygen atoms in total. The number of nitrogens with zero attached hydrogens (tertiary/aromatic N) is 5. The van der Waals surface area contributed by atoms with Crippen molar-refractivity contribution < 1.29 is 0 Å². The van der Waals surface area contributed by atoms with Gasteiger partial charge in [-0.2, -0.15) is 10.4 Å². The van der Waals surface area contributed by atoms with E-state index >= 15 is 0 Å². The highest BCUT2D eigenvalue weighted by molar-refractivity contribution is 5.58. The number of nitrogens with two attached hydrogens (primary N) is 1. The minimum absolute atomic E-state index is 0.162. The first-order valence-corrected chi connectivity index (χ1v) is 5.34. The molecule has 2 heterocycles. The van der Waals surface area contributed by atoms with E-state index in [2.05, 4.69) is 10.1 Å². The van der Waals surface area contributed by atoms with Crippen LogP contribution in [0.2, 0.25) is 0 Å². The highest BCUT2D eigenvalue weighted by atomic mass is 15.4. The second kappa shape index (κ2) is 3.94. The highest BCUT2D eigenvalue weighted by Gasteiger charge is 2.18. The van der Waals surface area contributed by atoms with Crippen molar-refractivity contribution in [3.8, 4) is 11.9 Å². The molecule has 0 saturated heterocycles. The number of rotatable bonds is 2. The van der Waals surface area contributed by atoms with Gasteiger partial charge in [0.05, 0.1) is 11.4 Å². The molecule has 0 bridgehead atoms. The molecule has 0 spiro atoms. The molecule has 0 aromatic carbocycles. The Labute approximate surface area is 99.3 Å². The molecular formula is C11H14N6. The van der Waals surface area contributed by atoms with Crippen molar-refractivity contribution in [3.05, 3.63) is 23.9 Å². The zero-order chi connectivity index (χ0) is 12.6. The third-order valence-electron chi connectivity index (χ3n) is 2.56. The van der Waals surface area contributed by atoms with Gasteiger partial charge in [0.15, 0.2) is 5.82 Å². The average Bonchev–Trinajstić information content (AvgIpc) is 2.84. The van der Waals surface area contributed by atoms with Gasteiger partial charge in [-0.25, -0.2) is 9.67 Å². The fourth-order valence-corrected chi connectivity index (χ4v) is 1.71. The maximum Gasteiger partial charge on any atom is 0.218 e. The zero-order valence-electron chi connectivity index (χ0n) is 10.0. The van der Waals surface area contributed by atoms with Gasteiger partial charge in [-0.3, -0.25) is 4.57 Å². The van der Waals surface area contributed by atoms with Crippen LogP contribution in [0.25, 0.3) is 5.82 Å². The molecule has 6 heteroatoms. The Morgan fingerprint density at radius 3 is 2.76 bits per heavy atom. The molecule has 0 amide bonds. The summed E-state index contributed by atoms with van der Waals surface area (Å²) < 4.78 is 3.46. The van der Waals surface area contributed by atoms with E-state index < -0.39 is 0 Å². The third kappa shape index (κ3) is 1.65. The zero-order valence-corrected chi connectivity index (χ0v) is 10.0. The fraction of sp³-hybridized carbons (Fsp3) is 0.364. The largest absolute Gasteiger partial charge is 0.394 e. The first kappa shape index (κ1) is 11.2. The molecule has 2 rings (SSSR count). The van der Waals surface area contributed by atoms with Gasteiger partial charge in [0.1, 0.15) is 6.07 Å². The van der Waals surface area contributed by atoms with Gasteiger partial charge < -0.3 is 5.73 Å². The van der Waals surface area contributed by atoms with Gasteiger partial charge in [-0.15, -0.1) is 0 Å². The first-order chi connectivity index (χ1) is 8.06. The molecule has 0 aliphatic heterocycles. The van der Waals surface area contributed by atoms with Crippen molar-refractivity contribution in [2.75, 3.05) is 5.73 Å². The van der Waals surface area contributed by atoms with Crippen LogP contribution in [0.5, 0.6) is 0 Å². The van der Waals surface area contributed by atoms with Gasteiger partial charge in [0.2, 0.25) is 5.82 Å². The van der Waals surface area contributed by atoms with Crippen molar-refractivity contribution in [1.82, 2.24) is 19.3 Å². The van der Waals surface area contributed by atoms with Gasteiger partial charge in [0, 0.05) is 18.4 Å². The first-order valence-electron chi connectivity index (χ1n) is 5.34. The van der Waals surface area contributed by atoms with Gasteiger partial charge in [-0.1, -0.05) is 0 Å². The maximum atomic E-state index is 8.99. The van der Waals surface area contributed by atoms with Crippen LogP contribution in [0.4, 0.5) is 5.69 Å². The molecule has 2 aromatic heterocycles. The lowest BCUT2D eigenvalue weighted by Gasteiger charge is -2.12. The van der Waals surface area contributed by atoms with Gasteiger partial charge >= 0.3 is 0 Å². The number of hydrogen-bond acceptors (Lipinski definition) is 4. The Balaban J connectivity index is 2.71. The number of hydrogen-bond donors (Lipinski definition) is 1. The van der Waals surface area contributed by atoms with Crippen molar-refractivity contribution >= 4 is 5.69 Å². The lowest BCUT2D eigenvalue weighted by Crippen LogP contribution is -2.11. The predicted octanol–water partition coefficient (Wildman–Crippen LogP) is 1.41. The number of imidazole rings is 1. The van der Waals surface area contributed by atoms with E-state index in [9.17, 15) is 0 Å². The molecule has 0 unspecified atom stereocenters. The lowest BCUT2D eigenvalue weighted by atomic mass is 10.3. The summed E-state index contributed by atoms with van der Waals surface area (Å²) in [5, 5.41) is 13.4. The Bertz CT molecular complexity index is 584. The maximum absolute atomic E-state index is 8.99. The molecule has 0 fully saturated rings. The van der Waals surface area contributed by atoms with Crippen LogP contribution >= 0.6 is 0 Å². The normalized spacial score (nSPS) is 10.8. The number of anilines is 1. The summed E-state index contributed by atoms with van der Waals surface area (Å²) >= 11 is 0. The van der Waals surface area contributed by atoms with Gasteiger partial charge in [0.25, 0.3) is 0 Å². The Morgan fingerprint density at radius 1 is 1.47 bits per heavy atom. The molecular weight excluding hydrogens is 216 g/mol. The Kier molecular flexibility index (Phi) is 2.60. The molecule has 0 saturated carbocycles. The molecule has 2 N–H and O–H groups in total. The highest BCUT2D eigenvalue weighted by Crippen LogP contribution is 2.24. The van der Waals surface area contributed by atoms with E-state index in [0.717, 1.165) is 5.69 Å². The SMILES string of the molecule is Cc1nn(C(C)C)c(-n2ccnc2C#N)c1N. The summed E-state index contributed by atoms with van der Waals surface area (Å²) in [4.78, 5) is 3.97. The predicted molar refractivity (Wildman–Crippen MR) is 63.6 cm³/mol. The summed E-state index contributed by atoms with van der Waals surface area (Å²) in [5.74, 6) is 1.00. The summed E-state index contributed by atoms with van der Waals surface area (Å²) in [7, 11) is 0. The van der Waals surface area contributed by atoms with Crippen molar-refractivity contribution in [1.29, 1.82) is 5.26 Å². The minimum atomic E-state index is 0.162. The van der Waals surface area contributed by atoms with E-state index in [1.807, 2.05) is 26.8 Å². The quantitative estimate of drug-likeness (QED) is 0.845. The standard InChI is InChI=1S/C11H14N6/c1-7(2)17-11(10(13)8(3)15-17)16-5-4-14-9(16)6-12/h4-5,7H,13H2,1-3H3. The van der Waals surface area contributed by atoms with E-state index in [0.29, 0.717) is 17.3 Å². The summed E-state index contributed by atoms with van der Waals surface area (Å²) in [5.41, 5.74) is 7.35. The summed E-state index contributed by atoms with van der Waals surface area (Å²) in [6.45, 7) is 5.87. The monoisotopic (exact) mass is 230 g/mol. The number of aryl methyl sites for hydroxylation is 1. The van der Waals surface area contributed by atoms with Crippen molar-refractivity contribution in [2.24, 2.45) is 0 Å². The summed E-state index contributed by atoms with van der Waals surface area (Å²) in [6, 6.07) is 2.19. The fourth-order valence-electron chi connectivity index (χ4n) is 1.71. The average molecular weight is 230 g/mol. The van der Waals surface area contributed by atoms with Crippen LogP contribution in [0, 0.1) is 18.3 Å². The lowest BCUT2D eigenvalue weighted by molar-refractivity contribution is 0.518. The van der Waals surface area contributed by atoms with Crippen LogP contribution in [0.3, 0.4) is 0 Å². The summed E-state index contributed by atoms with van der Waals surface area (Å²) in [6.07, 6.45) is 3.29. The van der Waals surface area contributed by atoms with Gasteiger partial charge in [-0.05, 0) is 20.8 Å². The van der Waals surface area contributed by atoms with Crippen LogP contribution in [-0.2, 0) is 0 Å². The Hall–Kier alpha value is -2.29. The molecule has 2 aromatic rings. The van der Waals surface area contributed by atoms with Crippen LogP contribution < -0.4 is 5.73 Å². The smallest absolute Gasteiger partial charge is 0.218 e. The number of nitrogen functional groups attached to an aromatic ring is 1. The second-order valence-corrected chi connectivity index (χ2v) is 4.09. The second-order valence-electron chi connectivity index (χ2n) is 4.09. The molecule has 0 radical (unpaired) electrons. The molecule has 0 aliphatic rings. The Morgan fingerprint density at radius 2 is 2.18 bits per heavy atom. The van der Waals surface area contributed by atoms with Crippen molar-refractivity contribution in [2.45, 2.75) is 26.8 Å². The third-order valence-corrected chi connectivity index (χ3v) is 2.56. The van der Waals surface area contributed by atoms with E-state index in [4.69, 9.17) is 11.0 Å². The molecule has 0 aliphatic carbocycles. The number of aromatic nitrogens is 4. The van der Waals surface area contributed by atoms with Crippen LogP contribution in [-0.4, -0.2) is 19.3 Å².